The van der Waals surface area contributed by atoms with Crippen molar-refractivity contribution in [2.24, 2.45) is 5.41 Å². The molecular formula is C71H70Cl2F6N4O12S. The molecule has 6 aromatic carbocycles. The molecular weight excluding hydrogens is 1320 g/mol. The van der Waals surface area contributed by atoms with Gasteiger partial charge in [0.2, 0.25) is 11.5 Å². The van der Waals surface area contributed by atoms with E-state index in [2.05, 4.69) is 33.6 Å². The Morgan fingerprint density at radius 3 is 1.29 bits per heavy atom. The molecule has 25 heteroatoms. The summed E-state index contributed by atoms with van der Waals surface area (Å²) >= 11 is 11.4. The van der Waals surface area contributed by atoms with Gasteiger partial charge in [-0.15, -0.1) is 0 Å². The fourth-order valence-corrected chi connectivity index (χ4v) is 13.4. The summed E-state index contributed by atoms with van der Waals surface area (Å²) in [5.41, 5.74) is 1.60. The van der Waals surface area contributed by atoms with Crippen LogP contribution >= 0.6 is 23.2 Å². The normalized spacial score (nSPS) is 16.1. The first-order valence-corrected chi connectivity index (χ1v) is 34.1. The zero-order valence-electron chi connectivity index (χ0n) is 52.7. The predicted octanol–water partition coefficient (Wildman–Crippen LogP) is 15.0. The van der Waals surface area contributed by atoms with Gasteiger partial charge in [-0.25, -0.2) is 8.42 Å². The molecule has 2 saturated heterocycles. The third-order valence-electron chi connectivity index (χ3n) is 16.9. The van der Waals surface area contributed by atoms with Gasteiger partial charge < -0.3 is 47.7 Å². The topological polar surface area (TPSA) is 174 Å². The van der Waals surface area contributed by atoms with Crippen LogP contribution in [-0.2, 0) is 57.5 Å². The first-order valence-electron chi connectivity index (χ1n) is 31.5. The molecule has 0 amide bonds. The number of nitrogens with zero attached hydrogens (tertiary/aromatic N) is 4. The molecule has 16 nitrogen and oxygen atoms in total. The van der Waals surface area contributed by atoms with Gasteiger partial charge in [0.1, 0.15) is 61.0 Å². The molecule has 0 aliphatic carbocycles. The third kappa shape index (κ3) is 17.9. The number of carbonyl (C=O) groups is 2. The third-order valence-corrected chi connectivity index (χ3v) is 19.1. The lowest BCUT2D eigenvalue weighted by molar-refractivity contribution is -0.138. The Balaban J connectivity index is 0.000000195. The Bertz CT molecular complexity index is 4210. The van der Waals surface area contributed by atoms with E-state index in [0.717, 1.165) is 50.8 Å². The number of fused-ring (bicyclic) bond motifs is 6. The predicted molar refractivity (Wildman–Crippen MR) is 351 cm³/mol. The summed E-state index contributed by atoms with van der Waals surface area (Å²) in [6.45, 7) is 12.0. The molecule has 0 bridgehead atoms. The smallest absolute Gasteiger partial charge is 0.417 e. The molecule has 0 spiro atoms. The number of hydrogen-bond acceptors (Lipinski definition) is 16. The van der Waals surface area contributed by atoms with Crippen LogP contribution in [0.15, 0.2) is 122 Å². The van der Waals surface area contributed by atoms with Crippen molar-refractivity contribution >= 4 is 66.4 Å². The quantitative estimate of drug-likeness (QED) is 0.0462. The van der Waals surface area contributed by atoms with E-state index in [0.29, 0.717) is 155 Å². The van der Waals surface area contributed by atoms with Crippen molar-refractivity contribution in [3.8, 4) is 57.5 Å². The van der Waals surface area contributed by atoms with E-state index in [4.69, 9.17) is 61.1 Å². The van der Waals surface area contributed by atoms with Crippen molar-refractivity contribution in [1.82, 2.24) is 19.8 Å². The Morgan fingerprint density at radius 2 is 0.885 bits per heavy atom. The van der Waals surface area contributed by atoms with Crippen LogP contribution in [0, 0.1) is 5.41 Å². The van der Waals surface area contributed by atoms with Crippen LogP contribution in [0.1, 0.15) is 72.9 Å². The van der Waals surface area contributed by atoms with E-state index in [9.17, 15) is 44.3 Å². The fourth-order valence-electron chi connectivity index (χ4n) is 11.7. The average molecular weight is 1390 g/mol. The summed E-state index contributed by atoms with van der Waals surface area (Å²) in [6.07, 6.45) is -2.14. The first kappa shape index (κ1) is 69.3. The lowest BCUT2D eigenvalue weighted by Gasteiger charge is -2.36. The van der Waals surface area contributed by atoms with Crippen molar-refractivity contribution in [3.05, 3.63) is 165 Å². The second-order valence-electron chi connectivity index (χ2n) is 24.7. The van der Waals surface area contributed by atoms with E-state index < -0.39 is 43.4 Å². The summed E-state index contributed by atoms with van der Waals surface area (Å²) in [7, 11) is -2.93. The van der Waals surface area contributed by atoms with Gasteiger partial charge in [-0.2, -0.15) is 26.3 Å². The lowest BCUT2D eigenvalue weighted by atomic mass is 9.83. The maximum absolute atomic E-state index is 13.2. The molecule has 2 aromatic heterocycles. The maximum atomic E-state index is 13.2. The Labute approximate surface area is 561 Å². The first-order chi connectivity index (χ1) is 45.9. The molecule has 508 valence electrons. The number of ketones is 2. The summed E-state index contributed by atoms with van der Waals surface area (Å²) in [6, 6.07) is 27.9. The number of rotatable bonds is 22. The largest absolute Gasteiger partial charge is 0.489 e. The van der Waals surface area contributed by atoms with Crippen molar-refractivity contribution in [2.45, 2.75) is 77.6 Å². The number of carbonyl (C=O) groups excluding carboxylic acids is 2. The summed E-state index contributed by atoms with van der Waals surface area (Å²) < 4.78 is 152. The van der Waals surface area contributed by atoms with Gasteiger partial charge in [0, 0.05) is 76.4 Å². The van der Waals surface area contributed by atoms with Crippen molar-refractivity contribution in [1.29, 1.82) is 0 Å². The summed E-state index contributed by atoms with van der Waals surface area (Å²) in [5.74, 6) is 4.93. The highest BCUT2D eigenvalue weighted by atomic mass is 35.5. The van der Waals surface area contributed by atoms with E-state index in [1.807, 2.05) is 6.07 Å². The average Bonchev–Trinajstić information content (AvgIpc) is 0.768. The minimum absolute atomic E-state index is 0.0316. The molecule has 0 saturated carbocycles. The van der Waals surface area contributed by atoms with Gasteiger partial charge in [0.25, 0.3) is 0 Å². The number of hydrogen-bond donors (Lipinski definition) is 0. The molecule has 4 aliphatic rings. The molecule has 0 radical (unpaired) electrons. The van der Waals surface area contributed by atoms with Crippen LogP contribution in [0.3, 0.4) is 0 Å². The zero-order chi connectivity index (χ0) is 67.8. The Hall–Kier alpha value is -8.09. The number of Topliss-reactive ketones (excluding diaryl/α,β-unsaturated/α-hetero) is 2. The molecule has 6 heterocycles. The molecule has 0 N–H and O–H groups in total. The number of ether oxygens (including phenoxy) is 8. The Morgan fingerprint density at radius 1 is 0.510 bits per heavy atom. The number of likely N-dealkylation sites (tertiary alicyclic amines) is 1. The van der Waals surface area contributed by atoms with Crippen molar-refractivity contribution in [2.75, 3.05) is 90.4 Å². The van der Waals surface area contributed by atoms with Gasteiger partial charge in [0.15, 0.2) is 32.8 Å². The van der Waals surface area contributed by atoms with Gasteiger partial charge in [-0.1, -0.05) is 73.4 Å². The standard InChI is InChI=1S/C37H38ClF3N2O5.C34H32ClF3N2O7S/c1-36(2)11-15-43(16-12-36)14-3-17-45-32-23-30-33(35-34(32)46-18-19-47-35)31(10-13-42-30)48-27-7-4-24(5-8-27)20-26(44)21-25-6-9-29(38)28(22-25)37(39,40)41;35-27-7-4-23(20-26(27)34(36,37)38)19-24(41)18-22-2-5-25(6-3-22)47-29-8-9-39-28-21-30(32-33(31(28)29)46-15-14-45-32)44-13-1-10-40-11-16-48(42,43)17-12-40/h4-10,13,22-23H,3,11-12,14-21H2,1-2H3;2-9,20-21H,1,10-19H2. The van der Waals surface area contributed by atoms with Gasteiger partial charge >= 0.3 is 12.4 Å². The molecule has 12 rings (SSSR count). The number of sulfone groups is 1. The zero-order valence-corrected chi connectivity index (χ0v) is 55.1. The van der Waals surface area contributed by atoms with E-state index >= 15 is 0 Å². The van der Waals surface area contributed by atoms with Crippen LogP contribution in [0.5, 0.6) is 57.5 Å². The molecule has 4 aliphatic heterocycles. The molecule has 2 fully saturated rings. The van der Waals surface area contributed by atoms with Crippen LogP contribution in [-0.4, -0.2) is 130 Å². The fraction of sp³-hybridized carbons (Fsp3) is 0.380. The number of pyridine rings is 2. The number of halogens is 8. The van der Waals surface area contributed by atoms with Gasteiger partial charge in [-0.3, -0.25) is 19.6 Å². The Kier molecular flexibility index (Phi) is 21.7. The second kappa shape index (κ2) is 30.1. The van der Waals surface area contributed by atoms with Crippen LogP contribution in [0.4, 0.5) is 26.3 Å². The van der Waals surface area contributed by atoms with Crippen LogP contribution in [0.25, 0.3) is 21.8 Å². The van der Waals surface area contributed by atoms with Gasteiger partial charge in [0.05, 0.1) is 67.7 Å². The number of piperidine rings is 1. The van der Waals surface area contributed by atoms with Crippen molar-refractivity contribution in [3.63, 3.8) is 0 Å². The highest BCUT2D eigenvalue weighted by molar-refractivity contribution is 7.91. The monoisotopic (exact) mass is 1390 g/mol. The molecule has 0 atom stereocenters. The van der Waals surface area contributed by atoms with E-state index in [-0.39, 0.29) is 59.9 Å². The molecule has 96 heavy (non-hydrogen) atoms. The van der Waals surface area contributed by atoms with Crippen LogP contribution < -0.4 is 37.9 Å². The van der Waals surface area contributed by atoms with E-state index in [1.54, 1.807) is 79.1 Å². The minimum Gasteiger partial charge on any atom is -0.489 e. The number of aromatic nitrogens is 2. The molecule has 8 aromatic rings. The maximum Gasteiger partial charge on any atom is 0.417 e. The number of benzene rings is 6. The number of alkyl halides is 6. The van der Waals surface area contributed by atoms with Crippen molar-refractivity contribution < 1.29 is 82.2 Å². The highest BCUT2D eigenvalue weighted by Gasteiger charge is 2.35. The lowest BCUT2D eigenvalue weighted by Crippen LogP contribution is -2.40. The molecule has 0 unspecified atom stereocenters. The SMILES string of the molecule is CC1(C)CCN(CCCOc2cc3nccc(Oc4ccc(CC(=O)Cc5ccc(Cl)c(C(F)(F)F)c5)cc4)c3c3c2OCCO3)CC1.O=C(Cc1ccc(Oc2ccnc3cc(OCCCN4CCS(=O)(=O)CC4)c4c(c23)OCCO4)cc1)Cc1ccc(Cl)c(C(F)(F)F)c1. The summed E-state index contributed by atoms with van der Waals surface area (Å²) in [5, 5.41) is 0.463. The van der Waals surface area contributed by atoms with E-state index in [1.165, 1.54) is 31.0 Å². The second-order valence-corrected chi connectivity index (χ2v) is 27.8. The summed E-state index contributed by atoms with van der Waals surface area (Å²) in [4.78, 5) is 39.1. The highest BCUT2D eigenvalue weighted by Crippen LogP contribution is 2.50. The van der Waals surface area contributed by atoms with Crippen LogP contribution in [0.2, 0.25) is 10.0 Å². The van der Waals surface area contributed by atoms with Gasteiger partial charge in [-0.05, 0) is 127 Å². The minimum atomic E-state index is -4.61.